The maximum atomic E-state index is 12.3. The Labute approximate surface area is 82.0 Å². The topological polar surface area (TPSA) is 29.5 Å². The van der Waals surface area contributed by atoms with Crippen molar-refractivity contribution in [1.82, 2.24) is 4.90 Å². The van der Waals surface area contributed by atoms with E-state index in [-0.39, 0.29) is 12.5 Å². The van der Waals surface area contributed by atoms with E-state index in [2.05, 4.69) is 0 Å². The van der Waals surface area contributed by atoms with Gasteiger partial charge in [0.25, 0.3) is 0 Å². The van der Waals surface area contributed by atoms with E-state index < -0.39 is 12.3 Å². The number of nitrogens with zero attached hydrogens (tertiary/aromatic N) is 1. The predicted molar refractivity (Wildman–Crippen MR) is 47.2 cm³/mol. The highest BCUT2D eigenvalue weighted by Gasteiger charge is 2.27. The lowest BCUT2D eigenvalue weighted by Crippen LogP contribution is -2.41. The first kappa shape index (κ1) is 11.4. The molecule has 1 aliphatic heterocycles. The van der Waals surface area contributed by atoms with Crippen molar-refractivity contribution in [3.8, 4) is 0 Å². The van der Waals surface area contributed by atoms with Gasteiger partial charge in [-0.15, -0.1) is 0 Å². The molecule has 14 heavy (non-hydrogen) atoms. The maximum absolute atomic E-state index is 12.3. The number of halogens is 2. The number of alkyl halides is 2. The van der Waals surface area contributed by atoms with Crippen molar-refractivity contribution in [2.75, 3.05) is 26.8 Å². The quantitative estimate of drug-likeness (QED) is 0.694. The number of amides is 1. The minimum Gasteiger partial charge on any atom is -0.375 e. The lowest BCUT2D eigenvalue weighted by Gasteiger charge is -2.31. The minimum absolute atomic E-state index is 0.0410. The number of piperidine rings is 1. The third kappa shape index (κ3) is 2.90. The molecule has 82 valence electrons. The Bertz CT molecular complexity index is 191. The Morgan fingerprint density at radius 1 is 1.50 bits per heavy atom. The number of hydrogen-bond acceptors (Lipinski definition) is 2. The molecule has 0 spiro atoms. The highest BCUT2D eigenvalue weighted by molar-refractivity contribution is 5.77. The number of methoxy groups -OCH3 is 1. The van der Waals surface area contributed by atoms with E-state index >= 15 is 0 Å². The number of carbonyl (C=O) groups excluding carboxylic acids is 1. The van der Waals surface area contributed by atoms with Crippen LogP contribution in [0.25, 0.3) is 0 Å². The Morgan fingerprint density at radius 3 is 2.50 bits per heavy atom. The standard InChI is InChI=1S/C9H15F2NO2/c1-14-6-8(13)12-4-2-7(3-5-12)9(10)11/h7,9H,2-6H2,1H3. The van der Waals surface area contributed by atoms with Crippen molar-refractivity contribution < 1.29 is 18.3 Å². The molecule has 0 atom stereocenters. The molecule has 0 radical (unpaired) electrons. The molecule has 1 saturated heterocycles. The van der Waals surface area contributed by atoms with Gasteiger partial charge in [0.1, 0.15) is 6.61 Å². The Balaban J connectivity index is 2.31. The zero-order chi connectivity index (χ0) is 10.6. The second-order valence-electron chi connectivity index (χ2n) is 3.49. The second kappa shape index (κ2) is 5.24. The summed E-state index contributed by atoms with van der Waals surface area (Å²) in [5.41, 5.74) is 0. The van der Waals surface area contributed by atoms with Crippen LogP contribution in [0.3, 0.4) is 0 Å². The van der Waals surface area contributed by atoms with E-state index in [4.69, 9.17) is 4.74 Å². The van der Waals surface area contributed by atoms with Gasteiger partial charge >= 0.3 is 0 Å². The van der Waals surface area contributed by atoms with E-state index in [9.17, 15) is 13.6 Å². The smallest absolute Gasteiger partial charge is 0.248 e. The van der Waals surface area contributed by atoms with Crippen molar-refractivity contribution in [1.29, 1.82) is 0 Å². The molecule has 0 bridgehead atoms. The van der Waals surface area contributed by atoms with Gasteiger partial charge in [0, 0.05) is 26.1 Å². The summed E-state index contributed by atoms with van der Waals surface area (Å²) in [6.07, 6.45) is -1.46. The molecule has 1 rings (SSSR count). The van der Waals surface area contributed by atoms with Gasteiger partial charge in [0.05, 0.1) is 0 Å². The summed E-state index contributed by atoms with van der Waals surface area (Å²) in [4.78, 5) is 12.9. The highest BCUT2D eigenvalue weighted by Crippen LogP contribution is 2.23. The number of rotatable bonds is 3. The van der Waals surface area contributed by atoms with Gasteiger partial charge in [-0.05, 0) is 12.8 Å². The van der Waals surface area contributed by atoms with Crippen molar-refractivity contribution in [2.24, 2.45) is 5.92 Å². The van der Waals surface area contributed by atoms with E-state index in [1.165, 1.54) is 7.11 Å². The number of carbonyl (C=O) groups is 1. The van der Waals surface area contributed by atoms with Crippen LogP contribution >= 0.6 is 0 Å². The SMILES string of the molecule is COCC(=O)N1CCC(C(F)F)CC1. The molecular formula is C9H15F2NO2. The first-order chi connectivity index (χ1) is 6.65. The van der Waals surface area contributed by atoms with Gasteiger partial charge < -0.3 is 9.64 Å². The first-order valence-corrected chi connectivity index (χ1v) is 4.70. The van der Waals surface area contributed by atoms with Crippen LogP contribution in [-0.2, 0) is 9.53 Å². The van der Waals surface area contributed by atoms with Gasteiger partial charge in [-0.3, -0.25) is 4.79 Å². The molecule has 5 heteroatoms. The first-order valence-electron chi connectivity index (χ1n) is 4.70. The third-order valence-corrected chi connectivity index (χ3v) is 2.52. The largest absolute Gasteiger partial charge is 0.375 e. The summed E-state index contributed by atoms with van der Waals surface area (Å²) < 4.78 is 29.2. The van der Waals surface area contributed by atoms with Crippen molar-refractivity contribution in [3.05, 3.63) is 0 Å². The molecule has 3 nitrogen and oxygen atoms in total. The maximum Gasteiger partial charge on any atom is 0.248 e. The van der Waals surface area contributed by atoms with Crippen LogP contribution in [0.5, 0.6) is 0 Å². The summed E-state index contributed by atoms with van der Waals surface area (Å²) in [7, 11) is 1.45. The molecule has 0 aromatic carbocycles. The molecule has 0 aliphatic carbocycles. The molecule has 0 unspecified atom stereocenters. The van der Waals surface area contributed by atoms with Crippen LogP contribution < -0.4 is 0 Å². The summed E-state index contributed by atoms with van der Waals surface area (Å²) in [5.74, 6) is -0.651. The number of hydrogen-bond donors (Lipinski definition) is 0. The van der Waals surface area contributed by atoms with Gasteiger partial charge in [0.2, 0.25) is 12.3 Å². The van der Waals surface area contributed by atoms with Crippen molar-refractivity contribution in [3.63, 3.8) is 0 Å². The average molecular weight is 207 g/mol. The van der Waals surface area contributed by atoms with Crippen LogP contribution in [0.2, 0.25) is 0 Å². The lowest BCUT2D eigenvalue weighted by molar-refractivity contribution is -0.137. The Kier molecular flexibility index (Phi) is 4.25. The molecule has 0 saturated carbocycles. The van der Waals surface area contributed by atoms with Gasteiger partial charge in [0.15, 0.2) is 0 Å². The lowest BCUT2D eigenvalue weighted by atomic mass is 9.97. The van der Waals surface area contributed by atoms with E-state index in [0.29, 0.717) is 25.9 Å². The minimum atomic E-state index is -2.25. The fourth-order valence-electron chi connectivity index (χ4n) is 1.62. The molecule has 1 heterocycles. The van der Waals surface area contributed by atoms with E-state index in [0.717, 1.165) is 0 Å². The zero-order valence-corrected chi connectivity index (χ0v) is 8.21. The summed E-state index contributed by atoms with van der Waals surface area (Å²) in [6.45, 7) is 0.897. The summed E-state index contributed by atoms with van der Waals surface area (Å²) in [5, 5.41) is 0. The van der Waals surface area contributed by atoms with Gasteiger partial charge in [-0.2, -0.15) is 0 Å². The Hall–Kier alpha value is -0.710. The molecular weight excluding hydrogens is 192 g/mol. The molecule has 0 aromatic rings. The van der Waals surface area contributed by atoms with Crippen LogP contribution in [0.1, 0.15) is 12.8 Å². The fourth-order valence-corrected chi connectivity index (χ4v) is 1.62. The fraction of sp³-hybridized carbons (Fsp3) is 0.889. The highest BCUT2D eigenvalue weighted by atomic mass is 19.3. The van der Waals surface area contributed by atoms with E-state index in [1.807, 2.05) is 0 Å². The predicted octanol–water partition coefficient (Wildman–Crippen LogP) is 1.14. The van der Waals surface area contributed by atoms with Crippen LogP contribution in [0.15, 0.2) is 0 Å². The van der Waals surface area contributed by atoms with Crippen LogP contribution in [0, 0.1) is 5.92 Å². The van der Waals surface area contributed by atoms with Crippen LogP contribution in [0.4, 0.5) is 8.78 Å². The second-order valence-corrected chi connectivity index (χ2v) is 3.49. The van der Waals surface area contributed by atoms with Crippen LogP contribution in [-0.4, -0.2) is 44.0 Å². The number of likely N-dealkylation sites (tertiary alicyclic amines) is 1. The molecule has 1 fully saturated rings. The van der Waals surface area contributed by atoms with Crippen molar-refractivity contribution in [2.45, 2.75) is 19.3 Å². The molecule has 0 aromatic heterocycles. The monoisotopic (exact) mass is 207 g/mol. The number of ether oxygens (including phenoxy) is 1. The molecule has 1 amide bonds. The Morgan fingerprint density at radius 2 is 2.07 bits per heavy atom. The third-order valence-electron chi connectivity index (χ3n) is 2.52. The summed E-state index contributed by atoms with van der Waals surface area (Å²) >= 11 is 0. The van der Waals surface area contributed by atoms with Crippen molar-refractivity contribution >= 4 is 5.91 Å². The van der Waals surface area contributed by atoms with E-state index in [1.54, 1.807) is 4.90 Å². The summed E-state index contributed by atoms with van der Waals surface area (Å²) in [6, 6.07) is 0. The molecule has 1 aliphatic rings. The van der Waals surface area contributed by atoms with Gasteiger partial charge in [-0.25, -0.2) is 8.78 Å². The normalized spacial score (nSPS) is 19.0. The average Bonchev–Trinajstić information content (AvgIpc) is 2.18. The van der Waals surface area contributed by atoms with Gasteiger partial charge in [-0.1, -0.05) is 0 Å². The zero-order valence-electron chi connectivity index (χ0n) is 8.21. The molecule has 0 N–H and O–H groups in total.